The monoisotopic (exact) mass is 711 g/mol. The molecule has 26 heteroatoms. The fraction of sp³-hybridized carbons (Fsp3) is 0.526. The van der Waals surface area contributed by atoms with E-state index in [9.17, 15) is 19.1 Å². The molecule has 4 aromatic rings. The van der Waals surface area contributed by atoms with Gasteiger partial charge in [0.1, 0.15) is 36.7 Å². The molecule has 45 heavy (non-hydrogen) atoms. The number of anilines is 2. The van der Waals surface area contributed by atoms with E-state index in [1.807, 2.05) is 0 Å². The maximum atomic E-state index is 16.8. The summed E-state index contributed by atoms with van der Waals surface area (Å²) in [5.41, 5.74) is 10.4. The van der Waals surface area contributed by atoms with Crippen molar-refractivity contribution in [1.29, 1.82) is 0 Å². The van der Waals surface area contributed by atoms with Gasteiger partial charge in [-0.05, 0) is 11.8 Å². The molecule has 7 N–H and O–H groups in total. The summed E-state index contributed by atoms with van der Waals surface area (Å²) in [6.45, 7) is -6.68. The van der Waals surface area contributed by atoms with Gasteiger partial charge < -0.3 is 30.5 Å². The van der Waals surface area contributed by atoms with Crippen molar-refractivity contribution in [3.8, 4) is 0 Å². The van der Waals surface area contributed by atoms with E-state index < -0.39 is 80.8 Å². The maximum absolute atomic E-state index is 16.8. The number of H-pyrrole nitrogens is 1. The maximum Gasteiger partial charge on any atom is 0.472 e. The van der Waals surface area contributed by atoms with Gasteiger partial charge in [0, 0.05) is 0 Å². The minimum Gasteiger partial charge on any atom is -0.382 e. The Bertz CT molecular complexity index is 1970. The normalized spacial score (nSPS) is 37.7. The first kappa shape index (κ1) is 30.9. The van der Waals surface area contributed by atoms with Crippen molar-refractivity contribution in [2.75, 3.05) is 31.3 Å². The number of hydrogen-bond donors (Lipinski definition) is 5. The van der Waals surface area contributed by atoms with Crippen LogP contribution in [0.15, 0.2) is 17.4 Å². The van der Waals surface area contributed by atoms with E-state index in [0.29, 0.717) is 4.68 Å². The summed E-state index contributed by atoms with van der Waals surface area (Å²) >= 11 is 5.99. The third kappa shape index (κ3) is 5.32. The summed E-state index contributed by atoms with van der Waals surface area (Å²) in [6, 6.07) is 0. The van der Waals surface area contributed by atoms with Crippen LogP contribution in [-0.2, 0) is 45.0 Å². The lowest BCUT2D eigenvalue weighted by molar-refractivity contribution is -0.0539. The van der Waals surface area contributed by atoms with Crippen molar-refractivity contribution in [3.63, 3.8) is 0 Å². The number of phosphoric ester groups is 1. The van der Waals surface area contributed by atoms with E-state index in [0.717, 1.165) is 18.1 Å². The SMILES string of the molecule is Nc1nc2c(ncn2[C@@H]2S[C@@H]3COP(=O)(O)O[C@@H]4[C@@H](COP(O)(=S)O[C@@H]2[C@H]3F)OC[C@]4(F)n2nnc3c(N)ncnc32)c(=O)[nH]1. The molecule has 0 saturated carbocycles. The Morgan fingerprint density at radius 3 is 2.76 bits per heavy atom. The van der Waals surface area contributed by atoms with Crippen LogP contribution in [0.25, 0.3) is 22.3 Å². The summed E-state index contributed by atoms with van der Waals surface area (Å²) in [5, 5.41) is 5.17. The highest BCUT2D eigenvalue weighted by molar-refractivity contribution is 8.07. The first-order valence-electron chi connectivity index (χ1n) is 12.7. The molecule has 242 valence electrons. The number of aromatic amines is 1. The van der Waals surface area contributed by atoms with Crippen molar-refractivity contribution in [2.45, 2.75) is 40.9 Å². The number of nitrogen functional groups attached to an aromatic ring is 2. The van der Waals surface area contributed by atoms with E-state index in [-0.39, 0.29) is 34.1 Å². The number of fused-ring (bicyclic) bond motifs is 5. The van der Waals surface area contributed by atoms with Crippen molar-refractivity contribution >= 4 is 72.2 Å². The van der Waals surface area contributed by atoms with Crippen LogP contribution in [0.2, 0.25) is 0 Å². The molecule has 3 fully saturated rings. The Labute approximate surface area is 257 Å². The fourth-order valence-electron chi connectivity index (χ4n) is 5.15. The average molecular weight is 712 g/mol. The van der Waals surface area contributed by atoms with Crippen LogP contribution in [0.3, 0.4) is 0 Å². The lowest BCUT2D eigenvalue weighted by Gasteiger charge is -2.30. The molecule has 0 aliphatic carbocycles. The lowest BCUT2D eigenvalue weighted by Crippen LogP contribution is -2.46. The molecule has 3 aliphatic rings. The minimum absolute atomic E-state index is 0.0327. The van der Waals surface area contributed by atoms with Crippen LogP contribution in [0.5, 0.6) is 0 Å². The Balaban J connectivity index is 1.23. The van der Waals surface area contributed by atoms with Crippen molar-refractivity contribution in [2.24, 2.45) is 0 Å². The van der Waals surface area contributed by atoms with Gasteiger partial charge in [0.2, 0.25) is 5.95 Å². The molecule has 3 saturated heterocycles. The van der Waals surface area contributed by atoms with Gasteiger partial charge in [-0.15, -0.1) is 16.9 Å². The van der Waals surface area contributed by atoms with Crippen molar-refractivity contribution < 1.29 is 46.0 Å². The Morgan fingerprint density at radius 1 is 1.16 bits per heavy atom. The van der Waals surface area contributed by atoms with Gasteiger partial charge in [-0.1, -0.05) is 5.21 Å². The summed E-state index contributed by atoms with van der Waals surface area (Å²) in [6.07, 6.45) is -4.87. The number of hydrogen-bond acceptors (Lipinski definition) is 17. The Hall–Kier alpha value is -2.76. The highest BCUT2D eigenvalue weighted by Crippen LogP contribution is 2.57. The van der Waals surface area contributed by atoms with Crippen molar-refractivity contribution in [1.82, 2.24) is 44.5 Å². The van der Waals surface area contributed by atoms with Crippen LogP contribution >= 0.6 is 26.3 Å². The topological polar surface area (TPSA) is 276 Å². The number of rotatable bonds is 2. The highest BCUT2D eigenvalue weighted by atomic mass is 32.5. The smallest absolute Gasteiger partial charge is 0.382 e. The standard InChI is InChI=1S/C19H21F2N11O9P2S2/c20-8-7-2-38-42(34,35)41-12-6(37-3-19(12,21)32-14-9(29-30-32)13(22)24-4-25-14)1-39-43(36,44)40-11(8)17(45-7)31-5-26-10-15(31)27-18(23)28-16(10)33/h4-8,11-12,17H,1-3H2,(H,34,35)(H,36,44)(H2,22,24,25)(H3,23,27,28,33)/t6-,7-,8+,11-,12-,17-,19+,43?/m1/s1. The molecular weight excluding hydrogens is 690 g/mol. The van der Waals surface area contributed by atoms with E-state index in [1.165, 1.54) is 10.9 Å². The molecule has 0 amide bonds. The molecule has 9 atom stereocenters. The van der Waals surface area contributed by atoms with Gasteiger partial charge in [-0.2, -0.15) is 9.67 Å². The number of imidazole rings is 1. The number of ether oxygens (including phenoxy) is 1. The summed E-state index contributed by atoms with van der Waals surface area (Å²) in [4.78, 5) is 52.1. The molecule has 3 aliphatic heterocycles. The number of nitrogens with two attached hydrogens (primary N) is 2. The number of halogens is 2. The van der Waals surface area contributed by atoms with E-state index in [1.54, 1.807) is 0 Å². The van der Waals surface area contributed by atoms with Crippen LogP contribution in [-0.4, -0.2) is 104 Å². The molecule has 4 aromatic heterocycles. The fourth-order valence-corrected chi connectivity index (χ4v) is 9.20. The Kier molecular flexibility index (Phi) is 7.48. The molecule has 0 aromatic carbocycles. The first-order chi connectivity index (χ1) is 21.3. The van der Waals surface area contributed by atoms with Gasteiger partial charge in [0.15, 0.2) is 34.2 Å². The van der Waals surface area contributed by atoms with Crippen LogP contribution < -0.4 is 17.0 Å². The van der Waals surface area contributed by atoms with Gasteiger partial charge in [0.25, 0.3) is 11.4 Å². The molecule has 7 rings (SSSR count). The van der Waals surface area contributed by atoms with Crippen molar-refractivity contribution in [3.05, 3.63) is 23.0 Å². The van der Waals surface area contributed by atoms with Gasteiger partial charge >= 0.3 is 14.5 Å². The summed E-state index contributed by atoms with van der Waals surface area (Å²) in [7, 11) is -5.19. The number of nitrogens with one attached hydrogen (secondary N) is 1. The number of thioether (sulfide) groups is 1. The summed E-state index contributed by atoms with van der Waals surface area (Å²) in [5.74, 6) is -3.20. The lowest BCUT2D eigenvalue weighted by atomic mass is 10.1. The average Bonchev–Trinajstić information content (AvgIpc) is 3.73. The number of phosphoric acid groups is 1. The zero-order valence-electron chi connectivity index (χ0n) is 22.2. The second-order valence-corrected chi connectivity index (χ2v) is 15.6. The highest BCUT2D eigenvalue weighted by Gasteiger charge is 2.59. The van der Waals surface area contributed by atoms with Crippen LogP contribution in [0.4, 0.5) is 20.5 Å². The van der Waals surface area contributed by atoms with Gasteiger partial charge in [-0.3, -0.25) is 27.9 Å². The largest absolute Gasteiger partial charge is 0.472 e. The molecular formula is C19H21F2N11O9P2S2. The van der Waals surface area contributed by atoms with Crippen LogP contribution in [0, 0.1) is 0 Å². The predicted octanol–water partition coefficient (Wildman–Crippen LogP) is -0.374. The molecule has 0 spiro atoms. The second kappa shape index (κ2) is 10.9. The Morgan fingerprint density at radius 2 is 1.96 bits per heavy atom. The zero-order chi connectivity index (χ0) is 31.9. The number of nitrogens with zero attached hydrogens (tertiary/aromatic N) is 8. The van der Waals surface area contributed by atoms with Gasteiger partial charge in [-0.25, -0.2) is 28.3 Å². The second-order valence-electron chi connectivity index (χ2n) is 10.0. The minimum atomic E-state index is -5.19. The van der Waals surface area contributed by atoms with E-state index in [2.05, 4.69) is 35.2 Å². The van der Waals surface area contributed by atoms with E-state index >= 15 is 8.78 Å². The number of alkyl halides is 2. The first-order valence-corrected chi connectivity index (χ1v) is 17.8. The van der Waals surface area contributed by atoms with Crippen LogP contribution in [0.1, 0.15) is 5.37 Å². The van der Waals surface area contributed by atoms with Gasteiger partial charge in [0.05, 0.1) is 24.8 Å². The summed E-state index contributed by atoms with van der Waals surface area (Å²) < 4.78 is 74.8. The molecule has 2 bridgehead atoms. The molecule has 2 unspecified atom stereocenters. The zero-order valence-corrected chi connectivity index (χ0v) is 25.6. The third-order valence-corrected chi connectivity index (χ3v) is 11.2. The quantitative estimate of drug-likeness (QED) is 0.166. The number of aromatic nitrogens is 9. The predicted molar refractivity (Wildman–Crippen MR) is 152 cm³/mol. The molecule has 20 nitrogen and oxygen atoms in total. The molecule has 7 heterocycles. The third-order valence-electron chi connectivity index (χ3n) is 7.19. The molecule has 0 radical (unpaired) electrons. The van der Waals surface area contributed by atoms with E-state index in [4.69, 9.17) is 46.1 Å².